The molecule has 0 unspecified atom stereocenters. The van der Waals surface area contributed by atoms with Crippen LogP contribution in [0, 0.1) is 5.82 Å². The number of hydrogen-bond acceptors (Lipinski definition) is 3. The fourth-order valence-electron chi connectivity index (χ4n) is 1.38. The first kappa shape index (κ1) is 15.2. The Balaban J connectivity index is 2.59. The second-order valence-corrected chi connectivity index (χ2v) is 6.10. The normalized spacial score (nSPS) is 11.5. The number of nitrogens with one attached hydrogen (secondary N) is 2. The van der Waals surface area contributed by atoms with E-state index in [1.807, 2.05) is 7.05 Å². The lowest BCUT2D eigenvalue weighted by atomic mass is 10.3. The number of hydrogen-bond donors (Lipinski definition) is 2. The molecule has 102 valence electrons. The van der Waals surface area contributed by atoms with Gasteiger partial charge < -0.3 is 5.32 Å². The van der Waals surface area contributed by atoms with Gasteiger partial charge >= 0.3 is 0 Å². The SMILES string of the molecule is CNCCCCS(=O)(=O)Nc1ccc(F)cc1Cl. The molecule has 0 aliphatic heterocycles. The maximum Gasteiger partial charge on any atom is 0.232 e. The van der Waals surface area contributed by atoms with E-state index >= 15 is 0 Å². The van der Waals surface area contributed by atoms with E-state index in [0.29, 0.717) is 6.42 Å². The van der Waals surface area contributed by atoms with Crippen LogP contribution in [-0.2, 0) is 10.0 Å². The van der Waals surface area contributed by atoms with Crippen LogP contribution in [0.2, 0.25) is 5.02 Å². The zero-order valence-electron chi connectivity index (χ0n) is 10.0. The van der Waals surface area contributed by atoms with Crippen LogP contribution in [0.25, 0.3) is 0 Å². The standard InChI is InChI=1S/C11H16ClFN2O2S/c1-14-6-2-3-7-18(16,17)15-11-5-4-9(13)8-10(11)12/h4-5,8,14-15H,2-3,6-7H2,1H3. The molecule has 0 spiro atoms. The zero-order chi connectivity index (χ0) is 13.6. The van der Waals surface area contributed by atoms with E-state index in [4.69, 9.17) is 11.6 Å². The minimum atomic E-state index is -3.44. The van der Waals surface area contributed by atoms with Crippen molar-refractivity contribution in [2.24, 2.45) is 0 Å². The van der Waals surface area contributed by atoms with Crippen molar-refractivity contribution in [2.45, 2.75) is 12.8 Å². The summed E-state index contributed by atoms with van der Waals surface area (Å²) in [5, 5.41) is 2.99. The molecule has 2 N–H and O–H groups in total. The van der Waals surface area contributed by atoms with Gasteiger partial charge in [-0.2, -0.15) is 0 Å². The van der Waals surface area contributed by atoms with Crippen LogP contribution in [0.15, 0.2) is 18.2 Å². The maximum absolute atomic E-state index is 12.8. The van der Waals surface area contributed by atoms with Crippen molar-refractivity contribution in [1.29, 1.82) is 0 Å². The van der Waals surface area contributed by atoms with Crippen LogP contribution in [0.5, 0.6) is 0 Å². The van der Waals surface area contributed by atoms with E-state index in [1.54, 1.807) is 0 Å². The van der Waals surface area contributed by atoms with Gasteiger partial charge in [0.05, 0.1) is 16.5 Å². The van der Waals surface area contributed by atoms with Gasteiger partial charge in [-0.15, -0.1) is 0 Å². The predicted molar refractivity (Wildman–Crippen MR) is 72.0 cm³/mol. The fraction of sp³-hybridized carbons (Fsp3) is 0.455. The monoisotopic (exact) mass is 294 g/mol. The predicted octanol–water partition coefficient (Wildman–Crippen LogP) is 2.22. The highest BCUT2D eigenvalue weighted by Crippen LogP contribution is 2.23. The highest BCUT2D eigenvalue weighted by Gasteiger charge is 2.12. The maximum atomic E-state index is 12.8. The third kappa shape index (κ3) is 5.20. The summed E-state index contributed by atoms with van der Waals surface area (Å²) < 4.78 is 38.6. The van der Waals surface area contributed by atoms with Crippen molar-refractivity contribution in [1.82, 2.24) is 5.32 Å². The summed E-state index contributed by atoms with van der Waals surface area (Å²) in [5.74, 6) is -0.487. The molecule has 0 saturated carbocycles. The molecule has 7 heteroatoms. The average Bonchev–Trinajstić information content (AvgIpc) is 2.28. The van der Waals surface area contributed by atoms with Gasteiger partial charge in [0.15, 0.2) is 0 Å². The summed E-state index contributed by atoms with van der Waals surface area (Å²) >= 11 is 5.74. The number of unbranched alkanes of at least 4 members (excludes halogenated alkanes) is 1. The summed E-state index contributed by atoms with van der Waals surface area (Å²) in [6.45, 7) is 0.771. The highest BCUT2D eigenvalue weighted by molar-refractivity contribution is 7.92. The lowest BCUT2D eigenvalue weighted by Crippen LogP contribution is -2.18. The summed E-state index contributed by atoms with van der Waals surface area (Å²) in [4.78, 5) is 0. The molecule has 1 aromatic carbocycles. The molecule has 0 radical (unpaired) electrons. The van der Waals surface area contributed by atoms with Gasteiger partial charge in [0, 0.05) is 0 Å². The Kier molecular flexibility index (Phi) is 5.84. The first-order valence-corrected chi connectivity index (χ1v) is 7.58. The lowest BCUT2D eigenvalue weighted by molar-refractivity contribution is 0.595. The largest absolute Gasteiger partial charge is 0.320 e. The quantitative estimate of drug-likeness (QED) is 0.758. The zero-order valence-corrected chi connectivity index (χ0v) is 11.6. The smallest absolute Gasteiger partial charge is 0.232 e. The van der Waals surface area contributed by atoms with Gasteiger partial charge in [-0.05, 0) is 44.6 Å². The molecule has 0 aromatic heterocycles. The summed E-state index contributed by atoms with van der Waals surface area (Å²) in [7, 11) is -1.62. The Labute approximate surface area is 112 Å². The molecule has 0 aliphatic rings. The van der Waals surface area contributed by atoms with Crippen LogP contribution in [-0.4, -0.2) is 27.8 Å². The second kappa shape index (κ2) is 6.92. The van der Waals surface area contributed by atoms with Crippen molar-refractivity contribution in [3.8, 4) is 0 Å². The molecular weight excluding hydrogens is 279 g/mol. The van der Waals surface area contributed by atoms with Gasteiger partial charge in [0.25, 0.3) is 0 Å². The first-order valence-electron chi connectivity index (χ1n) is 5.55. The van der Waals surface area contributed by atoms with Gasteiger partial charge in [-0.3, -0.25) is 4.72 Å². The Bertz CT molecular complexity index is 494. The number of rotatable bonds is 7. The summed E-state index contributed by atoms with van der Waals surface area (Å²) in [6, 6.07) is 3.54. The molecule has 0 amide bonds. The second-order valence-electron chi connectivity index (χ2n) is 3.86. The van der Waals surface area contributed by atoms with E-state index in [0.717, 1.165) is 25.1 Å². The van der Waals surface area contributed by atoms with Crippen molar-refractivity contribution < 1.29 is 12.8 Å². The molecule has 0 atom stereocenters. The van der Waals surface area contributed by atoms with Gasteiger partial charge in [0.1, 0.15) is 5.82 Å². The van der Waals surface area contributed by atoms with Gasteiger partial charge in [-0.25, -0.2) is 12.8 Å². The van der Waals surface area contributed by atoms with E-state index in [1.165, 1.54) is 6.07 Å². The van der Waals surface area contributed by atoms with Crippen LogP contribution >= 0.6 is 11.6 Å². The molecule has 0 aliphatic carbocycles. The number of halogens is 2. The topological polar surface area (TPSA) is 58.2 Å². The van der Waals surface area contributed by atoms with E-state index < -0.39 is 15.8 Å². The van der Waals surface area contributed by atoms with Crippen molar-refractivity contribution in [2.75, 3.05) is 24.1 Å². The molecule has 1 rings (SSSR count). The number of benzene rings is 1. The minimum Gasteiger partial charge on any atom is -0.320 e. The van der Waals surface area contributed by atoms with Crippen LogP contribution < -0.4 is 10.0 Å². The molecule has 18 heavy (non-hydrogen) atoms. The molecule has 0 saturated heterocycles. The third-order valence-electron chi connectivity index (χ3n) is 2.29. The van der Waals surface area contributed by atoms with Gasteiger partial charge in [-0.1, -0.05) is 11.6 Å². The van der Waals surface area contributed by atoms with E-state index in [2.05, 4.69) is 10.0 Å². The highest BCUT2D eigenvalue weighted by atomic mass is 35.5. The Morgan fingerprint density at radius 3 is 2.67 bits per heavy atom. The minimum absolute atomic E-state index is 0.0163. The lowest BCUT2D eigenvalue weighted by Gasteiger charge is -2.09. The van der Waals surface area contributed by atoms with Crippen molar-refractivity contribution >= 4 is 27.3 Å². The molecule has 4 nitrogen and oxygen atoms in total. The Morgan fingerprint density at radius 1 is 1.33 bits per heavy atom. The van der Waals surface area contributed by atoms with Crippen LogP contribution in [0.4, 0.5) is 10.1 Å². The van der Waals surface area contributed by atoms with E-state index in [-0.39, 0.29) is 16.5 Å². The van der Waals surface area contributed by atoms with Gasteiger partial charge in [0.2, 0.25) is 10.0 Å². The fourth-order valence-corrected chi connectivity index (χ4v) is 2.85. The Morgan fingerprint density at radius 2 is 2.06 bits per heavy atom. The summed E-state index contributed by atoms with van der Waals surface area (Å²) in [5.41, 5.74) is 0.201. The van der Waals surface area contributed by atoms with Crippen LogP contribution in [0.1, 0.15) is 12.8 Å². The number of sulfonamides is 1. The molecular formula is C11H16ClFN2O2S. The molecule has 1 aromatic rings. The third-order valence-corrected chi connectivity index (χ3v) is 3.96. The first-order chi connectivity index (χ1) is 8.44. The van der Waals surface area contributed by atoms with Crippen molar-refractivity contribution in [3.63, 3.8) is 0 Å². The molecule has 0 heterocycles. The molecule has 0 bridgehead atoms. The number of anilines is 1. The van der Waals surface area contributed by atoms with Crippen molar-refractivity contribution in [3.05, 3.63) is 29.0 Å². The molecule has 0 fully saturated rings. The average molecular weight is 295 g/mol. The summed E-state index contributed by atoms with van der Waals surface area (Å²) in [6.07, 6.45) is 1.32. The Hall–Kier alpha value is -0.850. The van der Waals surface area contributed by atoms with Crippen LogP contribution in [0.3, 0.4) is 0 Å². The van der Waals surface area contributed by atoms with E-state index in [9.17, 15) is 12.8 Å².